The second-order valence-electron chi connectivity index (χ2n) is 4.80. The Morgan fingerprint density at radius 2 is 1.90 bits per heavy atom. The summed E-state index contributed by atoms with van der Waals surface area (Å²) in [6, 6.07) is 14.6. The number of para-hydroxylation sites is 2. The summed E-state index contributed by atoms with van der Waals surface area (Å²) in [6.45, 7) is 1.87. The third-order valence-corrected chi connectivity index (χ3v) is 3.98. The predicted molar refractivity (Wildman–Crippen MR) is 93.4 cm³/mol. The van der Waals surface area contributed by atoms with Crippen LogP contribution in [0.25, 0.3) is 0 Å². The lowest BCUT2D eigenvalue weighted by Crippen LogP contribution is -2.37. The zero-order valence-electron chi connectivity index (χ0n) is 11.7. The van der Waals surface area contributed by atoms with Crippen molar-refractivity contribution in [2.24, 2.45) is 0 Å². The molecule has 2 rings (SSSR count). The standard InChI is InChI=1S/C16H17IN2O2/c1-11(20)10-19(12-6-3-2-4-7-12)16(21)13-8-5-9-14(17)15(13)18/h2-9,11,20H,10,18H2,1H3/t11-/m1/s1. The van der Waals surface area contributed by atoms with E-state index >= 15 is 0 Å². The van der Waals surface area contributed by atoms with Crippen molar-refractivity contribution in [3.8, 4) is 0 Å². The van der Waals surface area contributed by atoms with Gasteiger partial charge in [0.1, 0.15) is 0 Å². The van der Waals surface area contributed by atoms with E-state index in [1.54, 1.807) is 24.0 Å². The molecule has 1 atom stereocenters. The van der Waals surface area contributed by atoms with Gasteiger partial charge in [0.25, 0.3) is 5.91 Å². The highest BCUT2D eigenvalue weighted by molar-refractivity contribution is 14.1. The summed E-state index contributed by atoms with van der Waals surface area (Å²) in [5.74, 6) is -0.210. The minimum atomic E-state index is -0.627. The molecular weight excluding hydrogens is 379 g/mol. The number of carbonyl (C=O) groups is 1. The Kier molecular flexibility index (Phi) is 5.19. The molecule has 0 radical (unpaired) electrons. The number of benzene rings is 2. The summed E-state index contributed by atoms with van der Waals surface area (Å²) >= 11 is 2.10. The van der Waals surface area contributed by atoms with Gasteiger partial charge in [0.05, 0.1) is 23.9 Å². The van der Waals surface area contributed by atoms with Crippen molar-refractivity contribution in [1.82, 2.24) is 0 Å². The van der Waals surface area contributed by atoms with Crippen molar-refractivity contribution in [2.75, 3.05) is 17.2 Å². The molecule has 4 nitrogen and oxygen atoms in total. The van der Waals surface area contributed by atoms with E-state index in [2.05, 4.69) is 22.6 Å². The molecule has 0 bridgehead atoms. The molecule has 0 aliphatic carbocycles. The summed E-state index contributed by atoms with van der Waals surface area (Å²) < 4.78 is 0.837. The zero-order chi connectivity index (χ0) is 15.4. The lowest BCUT2D eigenvalue weighted by atomic mass is 10.1. The van der Waals surface area contributed by atoms with Gasteiger partial charge in [-0.2, -0.15) is 0 Å². The van der Waals surface area contributed by atoms with Crippen LogP contribution in [0.4, 0.5) is 11.4 Å². The molecular formula is C16H17IN2O2. The fraction of sp³-hybridized carbons (Fsp3) is 0.188. The van der Waals surface area contributed by atoms with Crippen LogP contribution in [-0.2, 0) is 0 Å². The van der Waals surface area contributed by atoms with Crippen LogP contribution in [0.2, 0.25) is 0 Å². The van der Waals surface area contributed by atoms with E-state index in [1.165, 1.54) is 0 Å². The van der Waals surface area contributed by atoms with Gasteiger partial charge in [-0.3, -0.25) is 4.79 Å². The van der Waals surface area contributed by atoms with E-state index in [-0.39, 0.29) is 12.5 Å². The van der Waals surface area contributed by atoms with Crippen LogP contribution in [0, 0.1) is 3.57 Å². The lowest BCUT2D eigenvalue weighted by molar-refractivity contribution is 0.0968. The Morgan fingerprint density at radius 1 is 1.24 bits per heavy atom. The van der Waals surface area contributed by atoms with Gasteiger partial charge in [0.15, 0.2) is 0 Å². The molecule has 2 aromatic carbocycles. The van der Waals surface area contributed by atoms with Crippen molar-refractivity contribution in [3.05, 3.63) is 57.7 Å². The van der Waals surface area contributed by atoms with E-state index in [0.717, 1.165) is 9.26 Å². The highest BCUT2D eigenvalue weighted by Gasteiger charge is 2.21. The van der Waals surface area contributed by atoms with E-state index in [9.17, 15) is 9.90 Å². The van der Waals surface area contributed by atoms with Gasteiger partial charge in [-0.05, 0) is 53.8 Å². The van der Waals surface area contributed by atoms with Crippen molar-refractivity contribution in [2.45, 2.75) is 13.0 Å². The number of aliphatic hydroxyl groups is 1. The molecule has 3 N–H and O–H groups in total. The maximum Gasteiger partial charge on any atom is 0.260 e. The zero-order valence-corrected chi connectivity index (χ0v) is 13.8. The molecule has 2 aromatic rings. The quantitative estimate of drug-likeness (QED) is 0.617. The normalized spacial score (nSPS) is 12.0. The van der Waals surface area contributed by atoms with Crippen molar-refractivity contribution in [3.63, 3.8) is 0 Å². The monoisotopic (exact) mass is 396 g/mol. The van der Waals surface area contributed by atoms with E-state index in [0.29, 0.717) is 11.3 Å². The minimum absolute atomic E-state index is 0.210. The van der Waals surface area contributed by atoms with Crippen LogP contribution < -0.4 is 10.6 Å². The number of nitrogens with two attached hydrogens (primary N) is 1. The third-order valence-electron chi connectivity index (χ3n) is 3.04. The van der Waals surface area contributed by atoms with E-state index in [1.807, 2.05) is 36.4 Å². The summed E-state index contributed by atoms with van der Waals surface area (Å²) in [5.41, 5.74) is 7.67. The van der Waals surface area contributed by atoms with Crippen molar-refractivity contribution in [1.29, 1.82) is 0 Å². The van der Waals surface area contributed by atoms with E-state index in [4.69, 9.17) is 5.73 Å². The van der Waals surface area contributed by atoms with Gasteiger partial charge in [-0.1, -0.05) is 24.3 Å². The second kappa shape index (κ2) is 6.91. The molecule has 0 saturated carbocycles. The molecule has 1 amide bonds. The van der Waals surface area contributed by atoms with Gasteiger partial charge >= 0.3 is 0 Å². The lowest BCUT2D eigenvalue weighted by Gasteiger charge is -2.25. The first kappa shape index (κ1) is 15.8. The van der Waals surface area contributed by atoms with Gasteiger partial charge in [-0.15, -0.1) is 0 Å². The van der Waals surface area contributed by atoms with Crippen LogP contribution in [0.1, 0.15) is 17.3 Å². The number of anilines is 2. The summed E-state index contributed by atoms with van der Waals surface area (Å²) in [6.07, 6.45) is -0.627. The van der Waals surface area contributed by atoms with Crippen LogP contribution in [0.15, 0.2) is 48.5 Å². The Balaban J connectivity index is 2.41. The van der Waals surface area contributed by atoms with Crippen LogP contribution >= 0.6 is 22.6 Å². The Morgan fingerprint density at radius 3 is 2.52 bits per heavy atom. The van der Waals surface area contributed by atoms with Crippen molar-refractivity contribution < 1.29 is 9.90 Å². The number of nitrogen functional groups attached to an aromatic ring is 1. The van der Waals surface area contributed by atoms with Gasteiger partial charge in [-0.25, -0.2) is 0 Å². The fourth-order valence-corrected chi connectivity index (χ4v) is 2.54. The van der Waals surface area contributed by atoms with Gasteiger partial charge < -0.3 is 15.7 Å². The highest BCUT2D eigenvalue weighted by Crippen LogP contribution is 2.24. The molecule has 0 aromatic heterocycles. The number of amides is 1. The van der Waals surface area contributed by atoms with E-state index < -0.39 is 6.10 Å². The molecule has 0 spiro atoms. The van der Waals surface area contributed by atoms with Crippen molar-refractivity contribution >= 4 is 39.9 Å². The molecule has 0 aliphatic heterocycles. The Hall–Kier alpha value is -1.60. The van der Waals surface area contributed by atoms with Gasteiger partial charge in [0, 0.05) is 9.26 Å². The average Bonchev–Trinajstić information content (AvgIpc) is 2.48. The topological polar surface area (TPSA) is 66.6 Å². The number of halogens is 1. The van der Waals surface area contributed by atoms with Crippen LogP contribution in [-0.4, -0.2) is 23.7 Å². The average molecular weight is 396 g/mol. The predicted octanol–water partition coefficient (Wildman–Crippen LogP) is 2.90. The molecule has 0 saturated heterocycles. The first-order chi connectivity index (χ1) is 10.0. The summed E-state index contributed by atoms with van der Waals surface area (Å²) in [7, 11) is 0. The highest BCUT2D eigenvalue weighted by atomic mass is 127. The maximum absolute atomic E-state index is 12.8. The molecule has 0 heterocycles. The number of carbonyl (C=O) groups excluding carboxylic acids is 1. The number of hydrogen-bond acceptors (Lipinski definition) is 3. The first-order valence-corrected chi connectivity index (χ1v) is 7.67. The molecule has 21 heavy (non-hydrogen) atoms. The number of nitrogens with zero attached hydrogens (tertiary/aromatic N) is 1. The summed E-state index contributed by atoms with van der Waals surface area (Å²) in [4.78, 5) is 14.3. The third kappa shape index (κ3) is 3.74. The number of hydrogen-bond donors (Lipinski definition) is 2. The number of rotatable bonds is 4. The maximum atomic E-state index is 12.8. The SMILES string of the molecule is C[C@@H](O)CN(C(=O)c1cccc(I)c1N)c1ccccc1. The smallest absolute Gasteiger partial charge is 0.260 e. The molecule has 110 valence electrons. The Bertz CT molecular complexity index is 629. The second-order valence-corrected chi connectivity index (χ2v) is 5.96. The summed E-state index contributed by atoms with van der Waals surface area (Å²) in [5, 5.41) is 9.68. The molecule has 0 aliphatic rings. The fourth-order valence-electron chi connectivity index (χ4n) is 2.05. The van der Waals surface area contributed by atoms with Crippen LogP contribution in [0.5, 0.6) is 0 Å². The Labute approximate surface area is 137 Å². The van der Waals surface area contributed by atoms with Gasteiger partial charge in [0.2, 0.25) is 0 Å². The van der Waals surface area contributed by atoms with Crippen LogP contribution in [0.3, 0.4) is 0 Å². The first-order valence-electron chi connectivity index (χ1n) is 6.59. The largest absolute Gasteiger partial charge is 0.397 e. The molecule has 5 heteroatoms. The number of aliphatic hydroxyl groups excluding tert-OH is 1. The molecule has 0 unspecified atom stereocenters. The molecule has 0 fully saturated rings. The minimum Gasteiger partial charge on any atom is -0.397 e.